The number of nitrogens with one attached hydrogen (secondary N) is 2. The van der Waals surface area contributed by atoms with Crippen molar-refractivity contribution in [3.8, 4) is 0 Å². The lowest BCUT2D eigenvalue weighted by Crippen LogP contribution is -2.34. The van der Waals surface area contributed by atoms with Gasteiger partial charge in [-0.2, -0.15) is 11.8 Å². The smallest absolute Gasteiger partial charge is 0.178 e. The molecule has 6 nitrogen and oxygen atoms in total. The molecule has 0 spiro atoms. The molecule has 1 aliphatic heterocycles. The van der Waals surface area contributed by atoms with E-state index >= 15 is 0 Å². The number of anilines is 1. The molecule has 1 aromatic carbocycles. The molecule has 0 saturated carbocycles. The first-order valence-corrected chi connectivity index (χ1v) is 10.7. The maximum absolute atomic E-state index is 5.42. The van der Waals surface area contributed by atoms with Gasteiger partial charge in [-0.25, -0.2) is 9.97 Å². The summed E-state index contributed by atoms with van der Waals surface area (Å²) < 4.78 is 2.86. The van der Waals surface area contributed by atoms with Crippen molar-refractivity contribution in [1.82, 2.24) is 24.4 Å². The summed E-state index contributed by atoms with van der Waals surface area (Å²) in [7, 11) is 0. The highest BCUT2D eigenvalue weighted by Gasteiger charge is 2.11. The average Bonchev–Trinajstić information content (AvgIpc) is 2.98. The fraction of sp³-hybridized carbons (Fsp3) is 0.500. The zero-order chi connectivity index (χ0) is 17.9. The molecule has 0 bridgehead atoms. The number of hydrogen-bond acceptors (Lipinski definition) is 6. The Labute approximate surface area is 162 Å². The van der Waals surface area contributed by atoms with Gasteiger partial charge in [-0.05, 0) is 44.2 Å². The Hall–Kier alpha value is -1.64. The van der Waals surface area contributed by atoms with Crippen molar-refractivity contribution in [2.45, 2.75) is 19.9 Å². The Kier molecular flexibility index (Phi) is 5.42. The fourth-order valence-electron chi connectivity index (χ4n) is 3.50. The van der Waals surface area contributed by atoms with Crippen LogP contribution >= 0.6 is 24.0 Å². The van der Waals surface area contributed by atoms with Crippen LogP contribution in [-0.4, -0.2) is 62.1 Å². The number of fused-ring (bicyclic) bond motifs is 2. The van der Waals surface area contributed by atoms with Crippen molar-refractivity contribution in [2.24, 2.45) is 0 Å². The first kappa shape index (κ1) is 17.8. The SMILES string of the molecule is CCn1c(=S)[nH]c2cc3ncnc(NCCCN4CCSCC4)c3cc21. The maximum atomic E-state index is 5.42. The second-order valence-corrected chi connectivity index (χ2v) is 8.13. The lowest BCUT2D eigenvalue weighted by Gasteiger charge is -2.26. The minimum absolute atomic E-state index is 0.750. The van der Waals surface area contributed by atoms with Crippen molar-refractivity contribution in [1.29, 1.82) is 0 Å². The Bertz CT molecular complexity index is 957. The van der Waals surface area contributed by atoms with Crippen LogP contribution in [-0.2, 0) is 6.54 Å². The van der Waals surface area contributed by atoms with Crippen LogP contribution in [0.15, 0.2) is 18.5 Å². The first-order chi connectivity index (χ1) is 12.8. The molecule has 2 N–H and O–H groups in total. The van der Waals surface area contributed by atoms with Gasteiger partial charge in [0.05, 0.1) is 16.6 Å². The van der Waals surface area contributed by atoms with Crippen molar-refractivity contribution in [2.75, 3.05) is 43.0 Å². The van der Waals surface area contributed by atoms with Gasteiger partial charge in [0.2, 0.25) is 0 Å². The van der Waals surface area contributed by atoms with Crippen LogP contribution in [0.2, 0.25) is 0 Å². The lowest BCUT2D eigenvalue weighted by atomic mass is 10.2. The zero-order valence-electron chi connectivity index (χ0n) is 15.0. The summed E-state index contributed by atoms with van der Waals surface area (Å²) in [4.78, 5) is 14.7. The molecule has 1 saturated heterocycles. The fourth-order valence-corrected chi connectivity index (χ4v) is 4.81. The number of aromatic amines is 1. The minimum Gasteiger partial charge on any atom is -0.369 e. The number of aryl methyl sites for hydroxylation is 1. The normalized spacial score (nSPS) is 15.7. The molecule has 4 rings (SSSR count). The third kappa shape index (κ3) is 3.58. The third-order valence-electron chi connectivity index (χ3n) is 4.89. The first-order valence-electron chi connectivity index (χ1n) is 9.17. The van der Waals surface area contributed by atoms with E-state index in [0.29, 0.717) is 0 Å². The van der Waals surface area contributed by atoms with Gasteiger partial charge in [-0.1, -0.05) is 0 Å². The van der Waals surface area contributed by atoms with Crippen LogP contribution < -0.4 is 5.32 Å². The van der Waals surface area contributed by atoms with Gasteiger partial charge >= 0.3 is 0 Å². The Morgan fingerprint density at radius 2 is 2.12 bits per heavy atom. The largest absolute Gasteiger partial charge is 0.369 e. The monoisotopic (exact) mass is 388 g/mol. The van der Waals surface area contributed by atoms with E-state index < -0.39 is 0 Å². The molecule has 8 heteroatoms. The molecule has 0 radical (unpaired) electrons. The summed E-state index contributed by atoms with van der Waals surface area (Å²) in [5, 5.41) is 4.55. The predicted octanol–water partition coefficient (Wildman–Crippen LogP) is 3.51. The Balaban J connectivity index is 1.52. The molecule has 3 heterocycles. The summed E-state index contributed by atoms with van der Waals surface area (Å²) in [6, 6.07) is 4.20. The van der Waals surface area contributed by atoms with Crippen molar-refractivity contribution < 1.29 is 0 Å². The number of hydrogen-bond donors (Lipinski definition) is 2. The number of H-pyrrole nitrogens is 1. The van der Waals surface area contributed by atoms with Crippen LogP contribution in [0.3, 0.4) is 0 Å². The number of nitrogens with zero attached hydrogens (tertiary/aromatic N) is 4. The molecule has 0 unspecified atom stereocenters. The molecule has 0 atom stereocenters. The average molecular weight is 389 g/mol. The Morgan fingerprint density at radius 1 is 1.27 bits per heavy atom. The van der Waals surface area contributed by atoms with Gasteiger partial charge in [0.25, 0.3) is 0 Å². The molecule has 138 valence electrons. The minimum atomic E-state index is 0.750. The number of thioether (sulfide) groups is 1. The van der Waals surface area contributed by atoms with E-state index in [4.69, 9.17) is 12.2 Å². The van der Waals surface area contributed by atoms with Crippen LogP contribution in [0.5, 0.6) is 0 Å². The van der Waals surface area contributed by atoms with E-state index in [-0.39, 0.29) is 0 Å². The number of rotatable bonds is 6. The maximum Gasteiger partial charge on any atom is 0.178 e. The Morgan fingerprint density at radius 3 is 2.92 bits per heavy atom. The predicted molar refractivity (Wildman–Crippen MR) is 113 cm³/mol. The van der Waals surface area contributed by atoms with Crippen molar-refractivity contribution >= 4 is 51.7 Å². The van der Waals surface area contributed by atoms with Crippen molar-refractivity contribution in [3.05, 3.63) is 23.2 Å². The molecular formula is C18H24N6S2. The van der Waals surface area contributed by atoms with Gasteiger partial charge in [-0.15, -0.1) is 0 Å². The molecule has 1 fully saturated rings. The van der Waals surface area contributed by atoms with E-state index in [1.807, 2.05) is 0 Å². The molecule has 1 aliphatic rings. The number of benzene rings is 1. The molecule has 0 aliphatic carbocycles. The van der Waals surface area contributed by atoms with Gasteiger partial charge in [-0.3, -0.25) is 0 Å². The second-order valence-electron chi connectivity index (χ2n) is 6.52. The van der Waals surface area contributed by atoms with E-state index in [2.05, 4.69) is 60.6 Å². The summed E-state index contributed by atoms with van der Waals surface area (Å²) in [6.45, 7) is 7.44. The van der Waals surface area contributed by atoms with Gasteiger partial charge < -0.3 is 19.8 Å². The third-order valence-corrected chi connectivity index (χ3v) is 6.16. The van der Waals surface area contributed by atoms with Gasteiger partial charge in [0.15, 0.2) is 4.77 Å². The highest BCUT2D eigenvalue weighted by atomic mass is 32.2. The van der Waals surface area contributed by atoms with Crippen molar-refractivity contribution in [3.63, 3.8) is 0 Å². The van der Waals surface area contributed by atoms with Gasteiger partial charge in [0, 0.05) is 43.1 Å². The van der Waals surface area contributed by atoms with Crippen LogP contribution in [0, 0.1) is 4.77 Å². The molecule has 0 amide bonds. The summed E-state index contributed by atoms with van der Waals surface area (Å²) >= 11 is 7.48. The summed E-state index contributed by atoms with van der Waals surface area (Å²) in [5.41, 5.74) is 3.06. The highest BCUT2D eigenvalue weighted by Crippen LogP contribution is 2.25. The van der Waals surface area contributed by atoms with E-state index in [1.54, 1.807) is 6.33 Å². The lowest BCUT2D eigenvalue weighted by molar-refractivity contribution is 0.301. The second kappa shape index (κ2) is 7.94. The molecular weight excluding hydrogens is 364 g/mol. The van der Waals surface area contributed by atoms with E-state index in [9.17, 15) is 0 Å². The van der Waals surface area contributed by atoms with E-state index in [1.165, 1.54) is 24.6 Å². The molecule has 26 heavy (non-hydrogen) atoms. The number of aromatic nitrogens is 4. The summed E-state index contributed by atoms with van der Waals surface area (Å²) in [6.07, 6.45) is 2.75. The van der Waals surface area contributed by atoms with Crippen LogP contribution in [0.1, 0.15) is 13.3 Å². The van der Waals surface area contributed by atoms with Crippen LogP contribution in [0.25, 0.3) is 21.9 Å². The standard InChI is InChI=1S/C18H24N6S2/c1-2-24-16-10-13-14(11-15(16)22-18(24)25)20-12-21-17(13)19-4-3-5-23-6-8-26-9-7-23/h10-12H,2-9H2,1H3,(H,22,25)(H,19,20,21). The topological polar surface area (TPSA) is 61.8 Å². The van der Waals surface area contributed by atoms with Gasteiger partial charge in [0.1, 0.15) is 12.1 Å². The quantitative estimate of drug-likeness (QED) is 0.498. The van der Waals surface area contributed by atoms with E-state index in [0.717, 1.165) is 58.6 Å². The highest BCUT2D eigenvalue weighted by molar-refractivity contribution is 7.99. The number of imidazole rings is 1. The summed E-state index contributed by atoms with van der Waals surface area (Å²) in [5.74, 6) is 3.43. The molecule has 3 aromatic rings. The van der Waals surface area contributed by atoms with Crippen LogP contribution in [0.4, 0.5) is 5.82 Å². The molecule has 2 aromatic heterocycles. The zero-order valence-corrected chi connectivity index (χ0v) is 16.6.